The van der Waals surface area contributed by atoms with Crippen molar-refractivity contribution in [1.29, 1.82) is 0 Å². The first kappa shape index (κ1) is 15.7. The van der Waals surface area contributed by atoms with Gasteiger partial charge in [0.2, 0.25) is 0 Å². The number of likely N-dealkylation sites (tertiary alicyclic amines) is 1. The molecule has 0 saturated carbocycles. The molecule has 0 amide bonds. The van der Waals surface area contributed by atoms with Crippen LogP contribution in [-0.2, 0) is 12.8 Å². The van der Waals surface area contributed by atoms with Crippen LogP contribution in [0.1, 0.15) is 29.5 Å². The number of rotatable bonds is 4. The molecular weight excluding hydrogens is 292 g/mol. The summed E-state index contributed by atoms with van der Waals surface area (Å²) < 4.78 is 0. The van der Waals surface area contributed by atoms with E-state index >= 15 is 0 Å². The molecule has 2 heteroatoms. The molecule has 2 aromatic carbocycles. The highest BCUT2D eigenvalue weighted by Gasteiger charge is 2.28. The van der Waals surface area contributed by atoms with E-state index in [-0.39, 0.29) is 0 Å². The van der Waals surface area contributed by atoms with Crippen molar-refractivity contribution in [3.05, 3.63) is 65.2 Å². The highest BCUT2D eigenvalue weighted by atomic mass is 15.2. The van der Waals surface area contributed by atoms with Gasteiger partial charge >= 0.3 is 0 Å². The number of hydrogen-bond acceptors (Lipinski definition) is 2. The van der Waals surface area contributed by atoms with E-state index < -0.39 is 0 Å². The molecule has 2 heterocycles. The van der Waals surface area contributed by atoms with Gasteiger partial charge in [0.15, 0.2) is 0 Å². The van der Waals surface area contributed by atoms with E-state index in [2.05, 4.69) is 65.3 Å². The van der Waals surface area contributed by atoms with Crippen LogP contribution in [0.15, 0.2) is 48.5 Å². The highest BCUT2D eigenvalue weighted by Crippen LogP contribution is 2.32. The fourth-order valence-electron chi connectivity index (χ4n) is 4.35. The predicted molar refractivity (Wildman–Crippen MR) is 102 cm³/mol. The number of para-hydroxylation sites is 1. The van der Waals surface area contributed by atoms with Gasteiger partial charge in [-0.2, -0.15) is 0 Å². The molecule has 2 aromatic rings. The molecule has 0 unspecified atom stereocenters. The predicted octanol–water partition coefficient (Wildman–Crippen LogP) is 4.06. The van der Waals surface area contributed by atoms with Crippen molar-refractivity contribution in [2.24, 2.45) is 0 Å². The van der Waals surface area contributed by atoms with Crippen LogP contribution in [0.2, 0.25) is 0 Å². The lowest BCUT2D eigenvalue weighted by molar-refractivity contribution is 0.212. The fraction of sp³-hybridized carbons (Fsp3) is 0.455. The fourth-order valence-corrected chi connectivity index (χ4v) is 4.35. The number of piperidine rings is 1. The molecule has 4 rings (SSSR count). The van der Waals surface area contributed by atoms with Gasteiger partial charge in [-0.05, 0) is 49.8 Å². The zero-order valence-corrected chi connectivity index (χ0v) is 14.7. The lowest BCUT2D eigenvalue weighted by atomic mass is 10.0. The Morgan fingerprint density at radius 3 is 2.62 bits per heavy atom. The minimum Gasteiger partial charge on any atom is -0.368 e. The van der Waals surface area contributed by atoms with Gasteiger partial charge in [0.1, 0.15) is 0 Å². The van der Waals surface area contributed by atoms with Crippen LogP contribution < -0.4 is 4.90 Å². The van der Waals surface area contributed by atoms with E-state index in [4.69, 9.17) is 0 Å². The van der Waals surface area contributed by atoms with Gasteiger partial charge in [-0.1, -0.05) is 48.0 Å². The molecule has 2 aliphatic heterocycles. The Labute approximate surface area is 146 Å². The lowest BCUT2D eigenvalue weighted by Crippen LogP contribution is -2.44. The molecule has 0 spiro atoms. The molecule has 1 saturated heterocycles. The van der Waals surface area contributed by atoms with Crippen molar-refractivity contribution in [2.75, 3.05) is 31.1 Å². The van der Waals surface area contributed by atoms with Crippen LogP contribution in [0.4, 0.5) is 5.69 Å². The van der Waals surface area contributed by atoms with E-state index in [0.717, 1.165) is 6.04 Å². The van der Waals surface area contributed by atoms with Gasteiger partial charge in [0, 0.05) is 37.9 Å². The van der Waals surface area contributed by atoms with Crippen LogP contribution in [0.25, 0.3) is 0 Å². The van der Waals surface area contributed by atoms with E-state index in [9.17, 15) is 0 Å². The SMILES string of the molecule is Cc1cccc(CCN2CCC(N3CCc4ccccc43)CC2)c1. The van der Waals surface area contributed by atoms with Crippen molar-refractivity contribution in [2.45, 2.75) is 38.6 Å². The van der Waals surface area contributed by atoms with Crippen LogP contribution in [0.5, 0.6) is 0 Å². The van der Waals surface area contributed by atoms with Gasteiger partial charge < -0.3 is 9.80 Å². The van der Waals surface area contributed by atoms with E-state index in [0.29, 0.717) is 0 Å². The van der Waals surface area contributed by atoms with Gasteiger partial charge in [0.05, 0.1) is 0 Å². The Morgan fingerprint density at radius 1 is 0.958 bits per heavy atom. The standard InChI is InChI=1S/C22H28N2/c1-18-5-4-6-19(17-18)9-13-23-14-11-21(12-15-23)24-16-10-20-7-2-3-8-22(20)24/h2-8,17,21H,9-16H2,1H3. The van der Waals surface area contributed by atoms with E-state index in [1.54, 1.807) is 5.56 Å². The summed E-state index contributed by atoms with van der Waals surface area (Å²) in [7, 11) is 0. The normalized spacial score (nSPS) is 18.8. The topological polar surface area (TPSA) is 6.48 Å². The maximum atomic E-state index is 2.67. The molecule has 1 fully saturated rings. The second-order valence-corrected chi connectivity index (χ2v) is 7.38. The maximum absolute atomic E-state index is 2.67. The molecule has 0 aromatic heterocycles. The Bertz CT molecular complexity index is 686. The van der Waals surface area contributed by atoms with Crippen molar-refractivity contribution in [3.8, 4) is 0 Å². The number of anilines is 1. The first-order chi connectivity index (χ1) is 11.8. The highest BCUT2D eigenvalue weighted by molar-refractivity contribution is 5.58. The van der Waals surface area contributed by atoms with E-state index in [1.165, 1.54) is 68.7 Å². The third-order valence-electron chi connectivity index (χ3n) is 5.72. The Balaban J connectivity index is 1.30. The third-order valence-corrected chi connectivity index (χ3v) is 5.72. The van der Waals surface area contributed by atoms with E-state index in [1.807, 2.05) is 0 Å². The van der Waals surface area contributed by atoms with Crippen molar-refractivity contribution in [3.63, 3.8) is 0 Å². The smallest absolute Gasteiger partial charge is 0.0402 e. The minimum atomic E-state index is 0.740. The molecule has 0 radical (unpaired) electrons. The number of benzene rings is 2. The second-order valence-electron chi connectivity index (χ2n) is 7.38. The Hall–Kier alpha value is -1.80. The first-order valence-electron chi connectivity index (χ1n) is 9.42. The molecule has 0 bridgehead atoms. The third kappa shape index (κ3) is 3.34. The van der Waals surface area contributed by atoms with Gasteiger partial charge in [-0.3, -0.25) is 0 Å². The van der Waals surface area contributed by atoms with Gasteiger partial charge in [-0.15, -0.1) is 0 Å². The number of aryl methyl sites for hydroxylation is 1. The second kappa shape index (κ2) is 6.98. The maximum Gasteiger partial charge on any atom is 0.0402 e. The average Bonchev–Trinajstić information content (AvgIpc) is 3.05. The number of hydrogen-bond donors (Lipinski definition) is 0. The molecule has 0 N–H and O–H groups in total. The summed E-state index contributed by atoms with van der Waals surface area (Å²) in [5.74, 6) is 0. The van der Waals surface area contributed by atoms with Crippen LogP contribution in [-0.4, -0.2) is 37.1 Å². The zero-order chi connectivity index (χ0) is 16.4. The number of nitrogens with zero attached hydrogens (tertiary/aromatic N) is 2. The summed E-state index contributed by atoms with van der Waals surface area (Å²) in [5, 5.41) is 0. The molecule has 0 aliphatic carbocycles. The van der Waals surface area contributed by atoms with Crippen molar-refractivity contribution in [1.82, 2.24) is 4.90 Å². The molecular formula is C22H28N2. The van der Waals surface area contributed by atoms with Crippen LogP contribution >= 0.6 is 0 Å². The van der Waals surface area contributed by atoms with Crippen molar-refractivity contribution >= 4 is 5.69 Å². The lowest BCUT2D eigenvalue weighted by Gasteiger charge is -2.38. The first-order valence-corrected chi connectivity index (χ1v) is 9.42. The summed E-state index contributed by atoms with van der Waals surface area (Å²) in [6.45, 7) is 7.09. The molecule has 0 atom stereocenters. The molecule has 2 nitrogen and oxygen atoms in total. The number of fused-ring (bicyclic) bond motifs is 1. The summed E-state index contributed by atoms with van der Waals surface area (Å²) in [6.07, 6.45) is 5.02. The zero-order valence-electron chi connectivity index (χ0n) is 14.7. The molecule has 2 aliphatic rings. The van der Waals surface area contributed by atoms with Crippen LogP contribution in [0, 0.1) is 6.92 Å². The molecule has 126 valence electrons. The van der Waals surface area contributed by atoms with Crippen LogP contribution in [0.3, 0.4) is 0 Å². The largest absolute Gasteiger partial charge is 0.368 e. The summed E-state index contributed by atoms with van der Waals surface area (Å²) in [5.41, 5.74) is 5.89. The monoisotopic (exact) mass is 320 g/mol. The summed E-state index contributed by atoms with van der Waals surface area (Å²) in [6, 6.07) is 18.7. The Kier molecular flexibility index (Phi) is 4.57. The van der Waals surface area contributed by atoms with Gasteiger partial charge in [-0.25, -0.2) is 0 Å². The summed E-state index contributed by atoms with van der Waals surface area (Å²) in [4.78, 5) is 5.33. The average molecular weight is 320 g/mol. The Morgan fingerprint density at radius 2 is 1.79 bits per heavy atom. The van der Waals surface area contributed by atoms with Crippen molar-refractivity contribution < 1.29 is 0 Å². The molecule has 24 heavy (non-hydrogen) atoms. The summed E-state index contributed by atoms with van der Waals surface area (Å²) >= 11 is 0. The minimum absolute atomic E-state index is 0.740. The quantitative estimate of drug-likeness (QED) is 0.838. The van der Waals surface area contributed by atoms with Gasteiger partial charge in [0.25, 0.3) is 0 Å².